The van der Waals surface area contributed by atoms with Gasteiger partial charge in [-0.3, -0.25) is 4.68 Å². The summed E-state index contributed by atoms with van der Waals surface area (Å²) in [6, 6.07) is 4.99. The zero-order chi connectivity index (χ0) is 13.5. The second kappa shape index (κ2) is 4.92. The molecule has 1 saturated carbocycles. The Bertz CT molecular complexity index is 587. The van der Waals surface area contributed by atoms with Crippen LogP contribution in [-0.2, 0) is 13.0 Å². The number of hydrogen-bond donors (Lipinski definition) is 1. The number of anilines is 1. The molecule has 0 amide bonds. The minimum absolute atomic E-state index is 0.540. The molecule has 1 fully saturated rings. The fraction of sp³-hybridized carbons (Fsp3) is 0.562. The summed E-state index contributed by atoms with van der Waals surface area (Å²) in [6.45, 7) is 3.41. The van der Waals surface area contributed by atoms with Gasteiger partial charge in [-0.2, -0.15) is 5.10 Å². The van der Waals surface area contributed by atoms with Crippen molar-refractivity contribution in [3.63, 3.8) is 0 Å². The molecule has 3 heterocycles. The molecule has 0 spiro atoms. The Morgan fingerprint density at radius 2 is 2.40 bits per heavy atom. The van der Waals surface area contributed by atoms with E-state index in [1.807, 2.05) is 17.5 Å². The average molecular weight is 287 g/mol. The lowest BCUT2D eigenvalue weighted by atomic mass is 10.1. The van der Waals surface area contributed by atoms with Gasteiger partial charge in [-0.05, 0) is 55.9 Å². The van der Waals surface area contributed by atoms with Gasteiger partial charge in [-0.25, -0.2) is 0 Å². The molecule has 2 aromatic heterocycles. The first-order chi connectivity index (χ1) is 9.83. The Morgan fingerprint density at radius 3 is 3.25 bits per heavy atom. The van der Waals surface area contributed by atoms with Crippen molar-refractivity contribution in [3.05, 3.63) is 34.3 Å². The van der Waals surface area contributed by atoms with Gasteiger partial charge in [0.1, 0.15) is 0 Å². The van der Waals surface area contributed by atoms with E-state index in [-0.39, 0.29) is 0 Å². The van der Waals surface area contributed by atoms with Crippen LogP contribution in [0, 0.1) is 5.92 Å². The fourth-order valence-corrected chi connectivity index (χ4v) is 4.41. The maximum atomic E-state index is 4.51. The van der Waals surface area contributed by atoms with Crippen molar-refractivity contribution in [1.82, 2.24) is 9.78 Å². The van der Waals surface area contributed by atoms with Crippen molar-refractivity contribution in [3.8, 4) is 0 Å². The van der Waals surface area contributed by atoms with Crippen LogP contribution in [0.5, 0.6) is 0 Å². The molecule has 0 saturated heterocycles. The van der Waals surface area contributed by atoms with Crippen LogP contribution in [0.1, 0.15) is 42.7 Å². The van der Waals surface area contributed by atoms with Crippen molar-refractivity contribution in [1.29, 1.82) is 0 Å². The number of nitrogens with zero attached hydrogens (tertiary/aromatic N) is 2. The fourth-order valence-electron chi connectivity index (χ4n) is 3.49. The highest BCUT2D eigenvalue weighted by Gasteiger charge is 2.42. The quantitative estimate of drug-likeness (QED) is 0.924. The summed E-state index contributed by atoms with van der Waals surface area (Å²) in [5, 5.41) is 10.4. The van der Waals surface area contributed by atoms with E-state index in [2.05, 4.69) is 39.5 Å². The van der Waals surface area contributed by atoms with Crippen LogP contribution in [0.3, 0.4) is 0 Å². The standard InChI is InChI=1S/C16H21N3S/c1-11(12-9-13(12)16-6-4-8-20-16)18-14-10-17-19-7-3-2-5-15(14)19/h4,6,8,10-13,18H,2-3,5,7,9H2,1H3/t11?,12-,13+/m0/s1. The van der Waals surface area contributed by atoms with Crippen LogP contribution in [0.15, 0.2) is 23.7 Å². The monoisotopic (exact) mass is 287 g/mol. The molecule has 2 aliphatic rings. The predicted octanol–water partition coefficient (Wildman–Crippen LogP) is 3.89. The predicted molar refractivity (Wildman–Crippen MR) is 83.4 cm³/mol. The molecule has 1 N–H and O–H groups in total. The first-order valence-corrected chi connectivity index (χ1v) is 8.55. The first-order valence-electron chi connectivity index (χ1n) is 7.67. The smallest absolute Gasteiger partial charge is 0.0761 e. The van der Waals surface area contributed by atoms with Crippen molar-refractivity contribution in [2.75, 3.05) is 5.32 Å². The first kappa shape index (κ1) is 12.5. The molecule has 4 rings (SSSR count). The molecule has 0 aromatic carbocycles. The summed E-state index contributed by atoms with van der Waals surface area (Å²) in [5.74, 6) is 1.57. The Labute approximate surface area is 124 Å². The molecule has 0 radical (unpaired) electrons. The molecule has 1 aliphatic carbocycles. The van der Waals surface area contributed by atoms with Gasteiger partial charge in [-0.1, -0.05) is 6.07 Å². The topological polar surface area (TPSA) is 29.9 Å². The van der Waals surface area contributed by atoms with Gasteiger partial charge in [0, 0.05) is 17.5 Å². The van der Waals surface area contributed by atoms with Gasteiger partial charge >= 0.3 is 0 Å². The normalized spacial score (nSPS) is 26.1. The largest absolute Gasteiger partial charge is 0.380 e. The van der Waals surface area contributed by atoms with E-state index in [0.717, 1.165) is 18.4 Å². The summed E-state index contributed by atoms with van der Waals surface area (Å²) >= 11 is 1.90. The highest BCUT2D eigenvalue weighted by atomic mass is 32.1. The van der Waals surface area contributed by atoms with Crippen LogP contribution >= 0.6 is 11.3 Å². The Hall–Kier alpha value is -1.29. The third-order valence-electron chi connectivity index (χ3n) is 4.76. The number of thiophene rings is 1. The second-order valence-electron chi connectivity index (χ2n) is 6.14. The number of aromatic nitrogens is 2. The van der Waals surface area contributed by atoms with E-state index in [0.29, 0.717) is 6.04 Å². The van der Waals surface area contributed by atoms with E-state index < -0.39 is 0 Å². The molecule has 0 bridgehead atoms. The molecule has 106 valence electrons. The lowest BCUT2D eigenvalue weighted by molar-refractivity contribution is 0.486. The number of aryl methyl sites for hydroxylation is 1. The van der Waals surface area contributed by atoms with Crippen molar-refractivity contribution < 1.29 is 0 Å². The summed E-state index contributed by atoms with van der Waals surface area (Å²) in [7, 11) is 0. The molecule has 1 aliphatic heterocycles. The average Bonchev–Trinajstić information content (AvgIpc) is 2.92. The SMILES string of the molecule is CC(Nc1cnn2c1CCCC2)[C@@H]1C[C@H]1c1cccs1. The molecule has 4 heteroatoms. The molecule has 3 nitrogen and oxygen atoms in total. The number of hydrogen-bond acceptors (Lipinski definition) is 3. The van der Waals surface area contributed by atoms with E-state index in [4.69, 9.17) is 0 Å². The van der Waals surface area contributed by atoms with Crippen LogP contribution in [0.2, 0.25) is 0 Å². The summed E-state index contributed by atoms with van der Waals surface area (Å²) in [5.41, 5.74) is 2.69. The highest BCUT2D eigenvalue weighted by Crippen LogP contribution is 2.51. The zero-order valence-electron chi connectivity index (χ0n) is 11.9. The minimum Gasteiger partial charge on any atom is -0.380 e. The van der Waals surface area contributed by atoms with Crippen LogP contribution in [-0.4, -0.2) is 15.8 Å². The third-order valence-corrected chi connectivity index (χ3v) is 5.76. The maximum absolute atomic E-state index is 4.51. The van der Waals surface area contributed by atoms with Gasteiger partial charge in [-0.15, -0.1) is 11.3 Å². The van der Waals surface area contributed by atoms with E-state index in [9.17, 15) is 0 Å². The third kappa shape index (κ3) is 2.16. The van der Waals surface area contributed by atoms with Gasteiger partial charge in [0.05, 0.1) is 17.6 Å². The van der Waals surface area contributed by atoms with E-state index in [1.54, 1.807) is 4.88 Å². The van der Waals surface area contributed by atoms with Crippen molar-refractivity contribution in [2.24, 2.45) is 5.92 Å². The molecular weight excluding hydrogens is 266 g/mol. The zero-order valence-corrected chi connectivity index (χ0v) is 12.7. The summed E-state index contributed by atoms with van der Waals surface area (Å²) < 4.78 is 2.18. The molecule has 3 atom stereocenters. The van der Waals surface area contributed by atoms with Gasteiger partial charge in [0.25, 0.3) is 0 Å². The van der Waals surface area contributed by atoms with Crippen LogP contribution in [0.25, 0.3) is 0 Å². The van der Waals surface area contributed by atoms with E-state index in [1.165, 1.54) is 37.1 Å². The Balaban J connectivity index is 1.44. The molecule has 1 unspecified atom stereocenters. The van der Waals surface area contributed by atoms with Gasteiger partial charge in [0.15, 0.2) is 0 Å². The van der Waals surface area contributed by atoms with Gasteiger partial charge in [0.2, 0.25) is 0 Å². The van der Waals surface area contributed by atoms with E-state index >= 15 is 0 Å². The van der Waals surface area contributed by atoms with Crippen LogP contribution in [0.4, 0.5) is 5.69 Å². The summed E-state index contributed by atoms with van der Waals surface area (Å²) in [4.78, 5) is 1.56. The van der Waals surface area contributed by atoms with Crippen molar-refractivity contribution in [2.45, 2.75) is 51.1 Å². The molecular formula is C16H21N3S. The summed E-state index contributed by atoms with van der Waals surface area (Å²) in [6.07, 6.45) is 7.11. The highest BCUT2D eigenvalue weighted by molar-refractivity contribution is 7.10. The number of rotatable bonds is 4. The lowest BCUT2D eigenvalue weighted by Gasteiger charge is -2.18. The second-order valence-corrected chi connectivity index (χ2v) is 7.12. The Morgan fingerprint density at radius 1 is 1.45 bits per heavy atom. The lowest BCUT2D eigenvalue weighted by Crippen LogP contribution is -2.20. The van der Waals surface area contributed by atoms with Crippen LogP contribution < -0.4 is 5.32 Å². The minimum atomic E-state index is 0.540. The Kier molecular flexibility index (Phi) is 3.06. The van der Waals surface area contributed by atoms with Crippen molar-refractivity contribution >= 4 is 17.0 Å². The molecule has 2 aromatic rings. The maximum Gasteiger partial charge on any atom is 0.0761 e. The number of fused-ring (bicyclic) bond motifs is 1. The molecule has 20 heavy (non-hydrogen) atoms. The van der Waals surface area contributed by atoms with Gasteiger partial charge < -0.3 is 5.32 Å². The number of nitrogens with one attached hydrogen (secondary N) is 1.